The van der Waals surface area contributed by atoms with Gasteiger partial charge in [-0.05, 0) is 12.8 Å². The van der Waals surface area contributed by atoms with Gasteiger partial charge >= 0.3 is 0 Å². The first-order valence-corrected chi connectivity index (χ1v) is 5.00. The summed E-state index contributed by atoms with van der Waals surface area (Å²) in [6, 6.07) is 0. The second-order valence-corrected chi connectivity index (χ2v) is 3.64. The van der Waals surface area contributed by atoms with Gasteiger partial charge in [0, 0.05) is 13.1 Å². The Hall–Kier alpha value is -1.01. The van der Waals surface area contributed by atoms with Crippen LogP contribution >= 0.6 is 0 Å². The molecular formula is C11H20N2O. The number of hydrogen-bond acceptors (Lipinski definition) is 2. The third-order valence-electron chi connectivity index (χ3n) is 2.35. The third-order valence-corrected chi connectivity index (χ3v) is 2.35. The molecule has 1 atom stereocenters. The average molecular weight is 196 g/mol. The molecule has 14 heavy (non-hydrogen) atoms. The van der Waals surface area contributed by atoms with E-state index in [4.69, 9.17) is 12.2 Å². The van der Waals surface area contributed by atoms with Gasteiger partial charge in [0.15, 0.2) is 0 Å². The molecule has 1 amide bonds. The fourth-order valence-electron chi connectivity index (χ4n) is 1.35. The molecule has 80 valence electrons. The molecule has 0 radical (unpaired) electrons. The van der Waals surface area contributed by atoms with Crippen molar-refractivity contribution >= 4 is 5.91 Å². The Balaban J connectivity index is 4.47. The number of rotatable bonds is 5. The number of hydrogen-bond donors (Lipinski definition) is 1. The maximum absolute atomic E-state index is 11.9. The number of carbonyl (C=O) groups excluding carboxylic acids is 1. The van der Waals surface area contributed by atoms with E-state index >= 15 is 0 Å². The second kappa shape index (κ2) is 6.44. The van der Waals surface area contributed by atoms with Crippen molar-refractivity contribution in [3.8, 4) is 12.3 Å². The van der Waals surface area contributed by atoms with Gasteiger partial charge < -0.3 is 10.6 Å². The van der Waals surface area contributed by atoms with E-state index in [1.54, 1.807) is 4.90 Å². The molecular weight excluding hydrogens is 176 g/mol. The molecule has 0 aliphatic heterocycles. The Morgan fingerprint density at radius 1 is 1.57 bits per heavy atom. The highest BCUT2D eigenvalue weighted by Crippen LogP contribution is 2.12. The molecule has 1 unspecified atom stereocenters. The monoisotopic (exact) mass is 196 g/mol. The van der Waals surface area contributed by atoms with Gasteiger partial charge in [0.05, 0.1) is 12.5 Å². The van der Waals surface area contributed by atoms with E-state index in [9.17, 15) is 4.79 Å². The standard InChI is InChI=1S/C11H20N2O/c1-5-7-13(6-2)11(14)10(8-12)9(3)4/h1,9-10H,6-8,12H2,2-4H3. The van der Waals surface area contributed by atoms with Crippen molar-refractivity contribution in [2.45, 2.75) is 20.8 Å². The maximum atomic E-state index is 11.9. The van der Waals surface area contributed by atoms with Crippen molar-refractivity contribution in [2.24, 2.45) is 17.6 Å². The van der Waals surface area contributed by atoms with Crippen LogP contribution in [0.15, 0.2) is 0 Å². The van der Waals surface area contributed by atoms with Crippen LogP contribution in [0, 0.1) is 24.2 Å². The van der Waals surface area contributed by atoms with Crippen molar-refractivity contribution < 1.29 is 4.79 Å². The summed E-state index contributed by atoms with van der Waals surface area (Å²) in [7, 11) is 0. The summed E-state index contributed by atoms with van der Waals surface area (Å²) >= 11 is 0. The number of nitrogens with two attached hydrogens (primary N) is 1. The molecule has 0 rings (SSSR count). The third kappa shape index (κ3) is 3.39. The van der Waals surface area contributed by atoms with Crippen LogP contribution in [0.3, 0.4) is 0 Å². The molecule has 0 fully saturated rings. The number of amides is 1. The Morgan fingerprint density at radius 2 is 2.14 bits per heavy atom. The predicted octanol–water partition coefficient (Wildman–Crippen LogP) is 0.699. The van der Waals surface area contributed by atoms with Crippen LogP contribution in [0.1, 0.15) is 20.8 Å². The lowest BCUT2D eigenvalue weighted by molar-refractivity contribution is -0.135. The first-order chi connectivity index (χ1) is 6.58. The zero-order valence-corrected chi connectivity index (χ0v) is 9.29. The van der Waals surface area contributed by atoms with E-state index < -0.39 is 0 Å². The van der Waals surface area contributed by atoms with Crippen LogP contribution in [0.4, 0.5) is 0 Å². The van der Waals surface area contributed by atoms with E-state index in [2.05, 4.69) is 5.92 Å². The fraction of sp³-hybridized carbons (Fsp3) is 0.727. The fourth-order valence-corrected chi connectivity index (χ4v) is 1.35. The maximum Gasteiger partial charge on any atom is 0.227 e. The van der Waals surface area contributed by atoms with Gasteiger partial charge in [-0.2, -0.15) is 0 Å². The zero-order chi connectivity index (χ0) is 11.1. The summed E-state index contributed by atoms with van der Waals surface area (Å²) in [5.41, 5.74) is 5.56. The largest absolute Gasteiger partial charge is 0.332 e. The van der Waals surface area contributed by atoms with E-state index in [-0.39, 0.29) is 17.7 Å². The molecule has 0 aromatic carbocycles. The Bertz CT molecular complexity index is 218. The van der Waals surface area contributed by atoms with Crippen LogP contribution in [0.25, 0.3) is 0 Å². The van der Waals surface area contributed by atoms with Gasteiger partial charge in [-0.25, -0.2) is 0 Å². The molecule has 2 N–H and O–H groups in total. The molecule has 0 aliphatic rings. The Kier molecular flexibility index (Phi) is 5.98. The second-order valence-electron chi connectivity index (χ2n) is 3.64. The lowest BCUT2D eigenvalue weighted by Gasteiger charge is -2.25. The highest BCUT2D eigenvalue weighted by Gasteiger charge is 2.24. The van der Waals surface area contributed by atoms with Crippen LogP contribution in [0.5, 0.6) is 0 Å². The topological polar surface area (TPSA) is 46.3 Å². The summed E-state index contributed by atoms with van der Waals surface area (Å²) in [6.45, 7) is 7.32. The van der Waals surface area contributed by atoms with Crippen LogP contribution < -0.4 is 5.73 Å². The molecule has 0 aromatic rings. The molecule has 3 nitrogen and oxygen atoms in total. The molecule has 0 heterocycles. The Labute approximate surface area is 86.6 Å². The van der Waals surface area contributed by atoms with E-state index in [1.165, 1.54) is 0 Å². The average Bonchev–Trinajstić information content (AvgIpc) is 2.14. The van der Waals surface area contributed by atoms with Crippen LogP contribution in [0.2, 0.25) is 0 Å². The van der Waals surface area contributed by atoms with Gasteiger partial charge in [-0.15, -0.1) is 6.42 Å². The molecule has 0 saturated heterocycles. The molecule has 0 bridgehead atoms. The predicted molar refractivity (Wildman–Crippen MR) is 58.5 cm³/mol. The summed E-state index contributed by atoms with van der Waals surface area (Å²) < 4.78 is 0. The number of nitrogens with zero attached hydrogens (tertiary/aromatic N) is 1. The van der Waals surface area contributed by atoms with Crippen molar-refractivity contribution in [3.63, 3.8) is 0 Å². The highest BCUT2D eigenvalue weighted by molar-refractivity contribution is 5.79. The number of carbonyl (C=O) groups is 1. The first-order valence-electron chi connectivity index (χ1n) is 5.00. The van der Waals surface area contributed by atoms with Crippen LogP contribution in [-0.2, 0) is 4.79 Å². The summed E-state index contributed by atoms with van der Waals surface area (Å²) in [6.07, 6.45) is 5.19. The van der Waals surface area contributed by atoms with Gasteiger partial charge in [0.1, 0.15) is 0 Å². The van der Waals surface area contributed by atoms with E-state index in [0.29, 0.717) is 19.6 Å². The Morgan fingerprint density at radius 3 is 2.43 bits per heavy atom. The van der Waals surface area contributed by atoms with Crippen LogP contribution in [-0.4, -0.2) is 30.4 Å². The number of terminal acetylenes is 1. The summed E-state index contributed by atoms with van der Waals surface area (Å²) in [5, 5.41) is 0. The first kappa shape index (κ1) is 13.0. The van der Waals surface area contributed by atoms with Crippen molar-refractivity contribution in [3.05, 3.63) is 0 Å². The van der Waals surface area contributed by atoms with Crippen molar-refractivity contribution in [1.82, 2.24) is 4.90 Å². The molecule has 0 saturated carbocycles. The van der Waals surface area contributed by atoms with Gasteiger partial charge in [0.2, 0.25) is 5.91 Å². The van der Waals surface area contributed by atoms with Crippen molar-refractivity contribution in [2.75, 3.05) is 19.6 Å². The highest BCUT2D eigenvalue weighted by atomic mass is 16.2. The molecule has 0 aliphatic carbocycles. The minimum Gasteiger partial charge on any atom is -0.332 e. The quantitative estimate of drug-likeness (QED) is 0.658. The molecule has 0 aromatic heterocycles. The van der Waals surface area contributed by atoms with E-state index in [1.807, 2.05) is 20.8 Å². The van der Waals surface area contributed by atoms with Gasteiger partial charge in [0.25, 0.3) is 0 Å². The lowest BCUT2D eigenvalue weighted by Crippen LogP contribution is -2.41. The van der Waals surface area contributed by atoms with Crippen molar-refractivity contribution in [1.29, 1.82) is 0 Å². The minimum absolute atomic E-state index is 0.0722. The van der Waals surface area contributed by atoms with Gasteiger partial charge in [-0.1, -0.05) is 19.8 Å². The van der Waals surface area contributed by atoms with E-state index in [0.717, 1.165) is 0 Å². The minimum atomic E-state index is -0.108. The smallest absolute Gasteiger partial charge is 0.227 e. The molecule has 0 spiro atoms. The van der Waals surface area contributed by atoms with Gasteiger partial charge in [-0.3, -0.25) is 4.79 Å². The SMILES string of the molecule is C#CCN(CC)C(=O)C(CN)C(C)C. The summed E-state index contributed by atoms with van der Waals surface area (Å²) in [4.78, 5) is 13.6. The normalized spacial score (nSPS) is 12.3. The zero-order valence-electron chi connectivity index (χ0n) is 9.29. The molecule has 3 heteroatoms. The lowest BCUT2D eigenvalue weighted by atomic mass is 9.94. The summed E-state index contributed by atoms with van der Waals surface area (Å²) in [5.74, 6) is 2.71.